The van der Waals surface area contributed by atoms with Crippen molar-refractivity contribution in [2.24, 2.45) is 5.73 Å². The van der Waals surface area contributed by atoms with Crippen molar-refractivity contribution in [3.05, 3.63) is 18.7 Å². The van der Waals surface area contributed by atoms with Crippen LogP contribution in [0.1, 0.15) is 33.1 Å². The van der Waals surface area contributed by atoms with E-state index in [1.54, 1.807) is 12.5 Å². The van der Waals surface area contributed by atoms with Crippen LogP contribution >= 0.6 is 24.8 Å². The van der Waals surface area contributed by atoms with E-state index < -0.39 is 0 Å². The Morgan fingerprint density at radius 3 is 2.47 bits per heavy atom. The molecule has 7 heteroatoms. The van der Waals surface area contributed by atoms with E-state index in [1.807, 2.05) is 24.6 Å². The van der Waals surface area contributed by atoms with Crippen molar-refractivity contribution >= 4 is 30.7 Å². The number of aromatic nitrogens is 2. The van der Waals surface area contributed by atoms with Gasteiger partial charge in [0.05, 0.1) is 6.33 Å². The van der Waals surface area contributed by atoms with Crippen LogP contribution in [0.3, 0.4) is 0 Å². The lowest BCUT2D eigenvalue weighted by Crippen LogP contribution is -2.49. The molecule has 112 valence electrons. The zero-order valence-corrected chi connectivity index (χ0v) is 13.1. The molecule has 0 aliphatic carbocycles. The average Bonchev–Trinajstić information content (AvgIpc) is 2.86. The summed E-state index contributed by atoms with van der Waals surface area (Å²) in [6, 6.07) is 0. The first-order chi connectivity index (χ1) is 8.09. The van der Waals surface area contributed by atoms with Crippen LogP contribution < -0.4 is 11.1 Å². The second-order valence-electron chi connectivity index (χ2n) is 4.40. The number of nitrogens with zero attached hydrogens (tertiary/aromatic N) is 2. The Kier molecular flexibility index (Phi) is 10.9. The Labute approximate surface area is 127 Å². The summed E-state index contributed by atoms with van der Waals surface area (Å²) in [6.07, 6.45) is 7.45. The van der Waals surface area contributed by atoms with E-state index in [-0.39, 0.29) is 36.3 Å². The number of nitrogens with one attached hydrogen (secondary N) is 1. The maximum atomic E-state index is 11.6. The summed E-state index contributed by atoms with van der Waals surface area (Å²) in [6.45, 7) is 5.28. The molecule has 0 aliphatic heterocycles. The van der Waals surface area contributed by atoms with Gasteiger partial charge in [-0.15, -0.1) is 24.8 Å². The van der Waals surface area contributed by atoms with Gasteiger partial charge in [0.15, 0.2) is 0 Å². The monoisotopic (exact) mass is 310 g/mol. The van der Waals surface area contributed by atoms with Crippen LogP contribution in [0.25, 0.3) is 0 Å². The molecule has 0 saturated heterocycles. The summed E-state index contributed by atoms with van der Waals surface area (Å²) in [5.41, 5.74) is 5.83. The Morgan fingerprint density at radius 2 is 2.00 bits per heavy atom. The number of imidazole rings is 1. The molecule has 0 aliphatic rings. The molecule has 0 bridgehead atoms. The van der Waals surface area contributed by atoms with Gasteiger partial charge in [0, 0.05) is 37.4 Å². The zero-order valence-electron chi connectivity index (χ0n) is 11.5. The third-order valence-electron chi connectivity index (χ3n) is 3.20. The molecule has 0 spiro atoms. The van der Waals surface area contributed by atoms with Gasteiger partial charge in [0.25, 0.3) is 0 Å². The molecule has 0 aromatic carbocycles. The molecule has 0 unspecified atom stereocenters. The fourth-order valence-corrected chi connectivity index (χ4v) is 1.51. The molecule has 1 aromatic heterocycles. The highest BCUT2D eigenvalue weighted by atomic mass is 35.5. The van der Waals surface area contributed by atoms with Crippen molar-refractivity contribution in [3.63, 3.8) is 0 Å². The molecule has 3 N–H and O–H groups in total. The van der Waals surface area contributed by atoms with Crippen LogP contribution in [0, 0.1) is 0 Å². The lowest BCUT2D eigenvalue weighted by Gasteiger charge is -2.26. The largest absolute Gasteiger partial charge is 0.354 e. The third-order valence-corrected chi connectivity index (χ3v) is 3.20. The topological polar surface area (TPSA) is 72.9 Å². The Morgan fingerprint density at radius 1 is 1.37 bits per heavy atom. The van der Waals surface area contributed by atoms with Crippen molar-refractivity contribution in [3.8, 4) is 0 Å². The SMILES string of the molecule is CCC(N)(CC)CNC(=O)CCn1ccnc1.Cl.Cl. The highest BCUT2D eigenvalue weighted by molar-refractivity contribution is 5.85. The standard InChI is InChI=1S/C12H22N4O.2ClH/c1-3-12(13,4-2)9-15-11(17)5-7-16-8-6-14-10-16;;/h6,8,10H,3-5,7,9,13H2,1-2H3,(H,15,17);2*1H. The Bertz CT molecular complexity index is 340. The van der Waals surface area contributed by atoms with E-state index in [4.69, 9.17) is 5.73 Å². The number of hydrogen-bond donors (Lipinski definition) is 2. The molecular formula is C12H24Cl2N4O. The predicted molar refractivity (Wildman–Crippen MR) is 81.9 cm³/mol. The summed E-state index contributed by atoms with van der Waals surface area (Å²) < 4.78 is 1.88. The number of nitrogens with two attached hydrogens (primary N) is 1. The van der Waals surface area contributed by atoms with Crippen LogP contribution in [-0.2, 0) is 11.3 Å². The van der Waals surface area contributed by atoms with Gasteiger partial charge in [-0.1, -0.05) is 13.8 Å². The fourth-order valence-electron chi connectivity index (χ4n) is 1.51. The molecule has 19 heavy (non-hydrogen) atoms. The van der Waals surface area contributed by atoms with Gasteiger partial charge in [-0.3, -0.25) is 4.79 Å². The second-order valence-corrected chi connectivity index (χ2v) is 4.40. The lowest BCUT2D eigenvalue weighted by atomic mass is 9.94. The van der Waals surface area contributed by atoms with Gasteiger partial charge in [0.2, 0.25) is 5.91 Å². The van der Waals surface area contributed by atoms with Gasteiger partial charge < -0.3 is 15.6 Å². The number of hydrogen-bond acceptors (Lipinski definition) is 3. The van der Waals surface area contributed by atoms with E-state index in [1.165, 1.54) is 0 Å². The summed E-state index contributed by atoms with van der Waals surface area (Å²) in [5.74, 6) is 0.0374. The van der Waals surface area contributed by atoms with Crippen molar-refractivity contribution in [2.75, 3.05) is 6.54 Å². The van der Waals surface area contributed by atoms with Crippen LogP contribution in [0.4, 0.5) is 0 Å². The highest BCUT2D eigenvalue weighted by Crippen LogP contribution is 2.09. The van der Waals surface area contributed by atoms with Gasteiger partial charge >= 0.3 is 0 Å². The zero-order chi connectivity index (χ0) is 12.7. The first-order valence-electron chi connectivity index (χ1n) is 6.11. The minimum absolute atomic E-state index is 0. The fraction of sp³-hybridized carbons (Fsp3) is 0.667. The van der Waals surface area contributed by atoms with Crippen molar-refractivity contribution in [1.82, 2.24) is 14.9 Å². The molecule has 0 radical (unpaired) electrons. The highest BCUT2D eigenvalue weighted by Gasteiger charge is 2.20. The molecule has 0 saturated carbocycles. The molecule has 1 aromatic rings. The summed E-state index contributed by atoms with van der Waals surface area (Å²) >= 11 is 0. The normalized spacial score (nSPS) is 10.3. The second kappa shape index (κ2) is 10.1. The van der Waals surface area contributed by atoms with Gasteiger partial charge in [-0.2, -0.15) is 0 Å². The van der Waals surface area contributed by atoms with Gasteiger partial charge in [0.1, 0.15) is 0 Å². The first kappa shape index (κ1) is 20.5. The molecule has 1 amide bonds. The quantitative estimate of drug-likeness (QED) is 0.806. The third kappa shape index (κ3) is 7.40. The van der Waals surface area contributed by atoms with Crippen molar-refractivity contribution in [2.45, 2.75) is 45.2 Å². The van der Waals surface area contributed by atoms with Crippen LogP contribution in [0.5, 0.6) is 0 Å². The van der Waals surface area contributed by atoms with Crippen molar-refractivity contribution < 1.29 is 4.79 Å². The lowest BCUT2D eigenvalue weighted by molar-refractivity contribution is -0.121. The molecule has 0 atom stereocenters. The van der Waals surface area contributed by atoms with E-state index in [0.29, 0.717) is 19.5 Å². The molecule has 1 heterocycles. The van der Waals surface area contributed by atoms with Crippen LogP contribution in [-0.4, -0.2) is 27.5 Å². The number of rotatable bonds is 7. The Balaban J connectivity index is 0. The summed E-state index contributed by atoms with van der Waals surface area (Å²) in [4.78, 5) is 15.5. The summed E-state index contributed by atoms with van der Waals surface area (Å²) in [5, 5.41) is 2.89. The smallest absolute Gasteiger partial charge is 0.221 e. The number of carbonyl (C=O) groups excluding carboxylic acids is 1. The number of halogens is 2. The summed E-state index contributed by atoms with van der Waals surface area (Å²) in [7, 11) is 0. The maximum Gasteiger partial charge on any atom is 0.221 e. The Hall–Kier alpha value is -0.780. The van der Waals surface area contributed by atoms with Gasteiger partial charge in [-0.05, 0) is 12.8 Å². The van der Waals surface area contributed by atoms with Crippen LogP contribution in [0.15, 0.2) is 18.7 Å². The van der Waals surface area contributed by atoms with Crippen molar-refractivity contribution in [1.29, 1.82) is 0 Å². The minimum atomic E-state index is -0.273. The van der Waals surface area contributed by atoms with E-state index in [9.17, 15) is 4.79 Å². The number of amides is 1. The first-order valence-corrected chi connectivity index (χ1v) is 6.11. The van der Waals surface area contributed by atoms with Crippen LogP contribution in [0.2, 0.25) is 0 Å². The van der Waals surface area contributed by atoms with E-state index in [2.05, 4.69) is 10.3 Å². The predicted octanol–water partition coefficient (Wildman–Crippen LogP) is 1.75. The number of aryl methyl sites for hydroxylation is 1. The van der Waals surface area contributed by atoms with Gasteiger partial charge in [-0.25, -0.2) is 4.98 Å². The number of carbonyl (C=O) groups is 1. The molecule has 0 fully saturated rings. The average molecular weight is 311 g/mol. The molecule has 1 rings (SSSR count). The molecule has 5 nitrogen and oxygen atoms in total. The maximum absolute atomic E-state index is 11.6. The molecular weight excluding hydrogens is 287 g/mol. The minimum Gasteiger partial charge on any atom is -0.354 e. The van der Waals surface area contributed by atoms with E-state index >= 15 is 0 Å². The van der Waals surface area contributed by atoms with E-state index in [0.717, 1.165) is 12.8 Å².